The summed E-state index contributed by atoms with van der Waals surface area (Å²) in [6, 6.07) is 10.0. The molecule has 0 saturated carbocycles. The summed E-state index contributed by atoms with van der Waals surface area (Å²) in [5.41, 5.74) is 0. The molecule has 0 aliphatic carbocycles. The second kappa shape index (κ2) is 17.3. The van der Waals surface area contributed by atoms with Crippen LogP contribution >= 0.6 is 0 Å². The van der Waals surface area contributed by atoms with Gasteiger partial charge in [-0.05, 0) is 0 Å². The Hall–Kier alpha value is 2.92. The summed E-state index contributed by atoms with van der Waals surface area (Å²) in [7, 11) is 0. The summed E-state index contributed by atoms with van der Waals surface area (Å²) < 4.78 is 3.52. The van der Waals surface area contributed by atoms with Gasteiger partial charge in [-0.25, -0.2) is 12.1 Å². The maximum atomic E-state index is 3.52. The molecule has 1 unspecified atom stereocenters. The second-order valence-corrected chi connectivity index (χ2v) is 36.3. The molecule has 0 saturated heterocycles. The van der Waals surface area contributed by atoms with E-state index >= 15 is 0 Å². The first kappa shape index (κ1) is 21.2. The standard InChI is InChI=1S/C5H5.CHAs4.2ClH.Zr/c2*1-2-4-5-3-1;;;/h1-5H;2H;2*1H;/q2*-1;;;+4/p-2. The zero-order valence-electron chi connectivity index (χ0n) is 6.48. The van der Waals surface area contributed by atoms with Crippen molar-refractivity contribution in [2.24, 2.45) is 0 Å². The van der Waals surface area contributed by atoms with E-state index in [0.29, 0.717) is 13.7 Å². The van der Waals surface area contributed by atoms with Gasteiger partial charge in [0.15, 0.2) is 0 Å². The third kappa shape index (κ3) is 14.9. The van der Waals surface area contributed by atoms with Crippen molar-refractivity contribution in [3.63, 3.8) is 0 Å². The first-order chi connectivity index (χ1) is 5.00. The molecule has 0 N–H and O–H groups in total. The van der Waals surface area contributed by atoms with Gasteiger partial charge < -0.3 is 24.8 Å². The van der Waals surface area contributed by atoms with Gasteiger partial charge in [-0.2, -0.15) is 18.2 Å². The van der Waals surface area contributed by atoms with Crippen LogP contribution in [-0.2, 0) is 26.2 Å². The van der Waals surface area contributed by atoms with E-state index in [1.807, 2.05) is 30.3 Å². The normalized spacial score (nSPS) is 15.4. The fourth-order valence-corrected chi connectivity index (χ4v) is 81.8. The van der Waals surface area contributed by atoms with Crippen LogP contribution in [0.4, 0.5) is 0 Å². The van der Waals surface area contributed by atoms with Crippen LogP contribution in [0.5, 0.6) is 0 Å². The van der Waals surface area contributed by atoms with E-state index in [4.69, 9.17) is 0 Å². The van der Waals surface area contributed by atoms with Crippen LogP contribution in [0, 0.1) is 0 Å². The van der Waals surface area contributed by atoms with Crippen LogP contribution < -0.4 is 24.8 Å². The Kier molecular flexibility index (Phi) is 28.3. The van der Waals surface area contributed by atoms with E-state index in [1.165, 1.54) is 0 Å². The molecule has 1 aromatic carbocycles. The first-order valence-corrected chi connectivity index (χ1v) is 21.0. The van der Waals surface area contributed by atoms with Crippen LogP contribution in [0.25, 0.3) is 0 Å². The topological polar surface area (TPSA) is 0 Å². The minimum Gasteiger partial charge on any atom is -1.00 e. The van der Waals surface area contributed by atoms with E-state index in [9.17, 15) is 0 Å². The summed E-state index contributed by atoms with van der Waals surface area (Å²) in [5.74, 6) is 0. The number of halogens is 2. The van der Waals surface area contributed by atoms with Crippen molar-refractivity contribution >= 4 is 52.7 Å². The van der Waals surface area contributed by atoms with Gasteiger partial charge in [-0.15, -0.1) is 0 Å². The van der Waals surface area contributed by atoms with Crippen LogP contribution in [0.15, 0.2) is 30.3 Å². The van der Waals surface area contributed by atoms with Crippen LogP contribution in [0.1, 0.15) is 0 Å². The fourth-order valence-electron chi connectivity index (χ4n) is 0.433. The molecule has 0 radical (unpaired) electrons. The van der Waals surface area contributed by atoms with E-state index in [0.717, 1.165) is 35.4 Å². The zero-order valence-corrected chi connectivity index (χ0v) is 18.2. The summed E-state index contributed by atoms with van der Waals surface area (Å²) in [6.07, 6.45) is 0. The Morgan fingerprint density at radius 3 is 1.92 bits per heavy atom. The van der Waals surface area contributed by atoms with Crippen molar-refractivity contribution < 1.29 is 51.0 Å². The molecule has 1 aliphatic heterocycles. The average Bonchev–Trinajstić information content (AvgIpc) is 2.67. The summed E-state index contributed by atoms with van der Waals surface area (Å²) in [5, 5.41) is 0. The molecular weight excluding hydrogens is 534 g/mol. The SMILES string of the molecule is [C-]1=[As][As]=[As][AsH]1.[Cl-].[Cl-].[Zr+4].c1cc[cH-]c1. The Labute approximate surface area is 132 Å². The third-order valence-corrected chi connectivity index (χ3v) is 60.5. The molecule has 1 atom stereocenters. The third-order valence-electron chi connectivity index (χ3n) is 0.795. The Bertz CT molecular complexity index is 185. The molecule has 2 rings (SSSR count). The molecule has 1 aromatic rings. The molecule has 0 bridgehead atoms. The van der Waals surface area contributed by atoms with Crippen LogP contribution in [0.3, 0.4) is 0 Å². The van der Waals surface area contributed by atoms with E-state index in [-0.39, 0.29) is 51.0 Å². The monoisotopic (exact) mass is 538 g/mol. The Morgan fingerprint density at radius 2 is 1.77 bits per heavy atom. The molecule has 1 aliphatic rings. The molecule has 0 aromatic heterocycles. The second-order valence-electron chi connectivity index (χ2n) is 1.48. The maximum absolute atomic E-state index is 3.52. The minimum absolute atomic E-state index is 0. The van der Waals surface area contributed by atoms with Gasteiger partial charge in [-0.1, -0.05) is 0 Å². The molecule has 7 heteroatoms. The fraction of sp³-hybridized carbons (Fsp3) is 0. The van der Waals surface area contributed by atoms with Gasteiger partial charge in [0.2, 0.25) is 0 Å². The molecule has 13 heavy (non-hydrogen) atoms. The van der Waals surface area contributed by atoms with Gasteiger partial charge in [0.25, 0.3) is 0 Å². The molecule has 0 nitrogen and oxygen atoms in total. The van der Waals surface area contributed by atoms with Crippen molar-refractivity contribution in [2.75, 3.05) is 0 Å². The predicted molar refractivity (Wildman–Crippen MR) is 51.5 cm³/mol. The summed E-state index contributed by atoms with van der Waals surface area (Å²) in [4.78, 5) is 0. The maximum Gasteiger partial charge on any atom is 4.00 e. The number of hydrogen-bond donors (Lipinski definition) is 0. The average molecular weight is 540 g/mol. The number of hydrogen-bond acceptors (Lipinski definition) is 0. The van der Waals surface area contributed by atoms with Crippen LogP contribution in [0.2, 0.25) is 0 Å². The smallest absolute Gasteiger partial charge is 1.00 e. The van der Waals surface area contributed by atoms with Crippen molar-refractivity contribution in [3.05, 3.63) is 30.3 Å². The quantitative estimate of drug-likeness (QED) is 0.227. The van der Waals surface area contributed by atoms with Gasteiger partial charge >= 0.3 is 78.9 Å². The molecular formula is C6H6As4Cl2Zr. The van der Waals surface area contributed by atoms with Gasteiger partial charge in [0.05, 0.1) is 0 Å². The summed E-state index contributed by atoms with van der Waals surface area (Å²) >= 11 is 3.35. The molecule has 68 valence electrons. The first-order valence-electron chi connectivity index (χ1n) is 2.76. The van der Waals surface area contributed by atoms with E-state index in [2.05, 4.69) is 3.59 Å². The van der Waals surface area contributed by atoms with Crippen molar-refractivity contribution in [1.82, 2.24) is 0 Å². The molecule has 0 spiro atoms. The van der Waals surface area contributed by atoms with E-state index in [1.54, 1.807) is 0 Å². The molecule has 1 heterocycles. The van der Waals surface area contributed by atoms with Gasteiger partial charge in [0.1, 0.15) is 0 Å². The molecule has 0 amide bonds. The minimum atomic E-state index is 0. The van der Waals surface area contributed by atoms with Crippen LogP contribution in [-0.4, -0.2) is 52.7 Å². The number of rotatable bonds is 0. The van der Waals surface area contributed by atoms with E-state index < -0.39 is 0 Å². The Balaban J connectivity index is -0.000000125. The van der Waals surface area contributed by atoms with Gasteiger partial charge in [0, 0.05) is 0 Å². The predicted octanol–water partition coefficient (Wildman–Crippen LogP) is -6.66. The summed E-state index contributed by atoms with van der Waals surface area (Å²) in [6.45, 7) is 0. The largest absolute Gasteiger partial charge is 4.00 e. The zero-order chi connectivity index (χ0) is 7.07. The van der Waals surface area contributed by atoms with Crippen molar-refractivity contribution in [2.45, 2.75) is 0 Å². The van der Waals surface area contributed by atoms with Gasteiger partial charge in [-0.3, -0.25) is 0 Å². The molecule has 0 fully saturated rings. The Morgan fingerprint density at radius 1 is 1.15 bits per heavy atom. The van der Waals surface area contributed by atoms with Crippen molar-refractivity contribution in [1.29, 1.82) is 0 Å². The van der Waals surface area contributed by atoms with Crippen molar-refractivity contribution in [3.8, 4) is 0 Å².